The van der Waals surface area contributed by atoms with Gasteiger partial charge in [0.15, 0.2) is 0 Å². The lowest BCUT2D eigenvalue weighted by molar-refractivity contribution is -0.118. The summed E-state index contributed by atoms with van der Waals surface area (Å²) in [6.07, 6.45) is -0.595. The standard InChI is InChI=1S/C13H18ClNO3/c1-8(2)12(16)7-13(17)15-11-5-4-9(18-3)6-10(11)14/h4-6,8,12,16H,7H2,1-3H3,(H,15,17). The summed E-state index contributed by atoms with van der Waals surface area (Å²) in [5.41, 5.74) is 0.512. The van der Waals surface area contributed by atoms with E-state index in [1.54, 1.807) is 25.3 Å². The summed E-state index contributed by atoms with van der Waals surface area (Å²) in [5, 5.41) is 12.7. The second-order valence-electron chi connectivity index (χ2n) is 4.41. The SMILES string of the molecule is COc1ccc(NC(=O)CC(O)C(C)C)c(Cl)c1. The maximum absolute atomic E-state index is 11.7. The maximum atomic E-state index is 11.7. The van der Waals surface area contributed by atoms with Gasteiger partial charge in [0, 0.05) is 6.07 Å². The Balaban J connectivity index is 2.65. The van der Waals surface area contributed by atoms with Crippen LogP contribution in [0, 0.1) is 5.92 Å². The fourth-order valence-electron chi connectivity index (χ4n) is 1.35. The first-order chi connectivity index (χ1) is 8.43. The summed E-state index contributed by atoms with van der Waals surface area (Å²) >= 11 is 5.99. The average Bonchev–Trinajstić information content (AvgIpc) is 2.31. The van der Waals surface area contributed by atoms with E-state index in [4.69, 9.17) is 16.3 Å². The number of ether oxygens (including phenoxy) is 1. The van der Waals surface area contributed by atoms with Crippen LogP contribution in [0.4, 0.5) is 5.69 Å². The number of carbonyl (C=O) groups is 1. The van der Waals surface area contributed by atoms with Crippen molar-refractivity contribution in [1.82, 2.24) is 0 Å². The highest BCUT2D eigenvalue weighted by Crippen LogP contribution is 2.26. The quantitative estimate of drug-likeness (QED) is 0.866. The van der Waals surface area contributed by atoms with Crippen molar-refractivity contribution in [2.24, 2.45) is 5.92 Å². The van der Waals surface area contributed by atoms with Gasteiger partial charge in [-0.05, 0) is 18.1 Å². The van der Waals surface area contributed by atoms with Crippen LogP contribution in [0.2, 0.25) is 5.02 Å². The summed E-state index contributed by atoms with van der Waals surface area (Å²) in [4.78, 5) is 11.7. The summed E-state index contributed by atoms with van der Waals surface area (Å²) in [6.45, 7) is 3.72. The molecule has 0 bridgehead atoms. The molecule has 4 nitrogen and oxygen atoms in total. The summed E-state index contributed by atoms with van der Waals surface area (Å²) < 4.78 is 5.01. The van der Waals surface area contributed by atoms with Gasteiger partial charge in [0.25, 0.3) is 0 Å². The zero-order chi connectivity index (χ0) is 13.7. The maximum Gasteiger partial charge on any atom is 0.227 e. The molecule has 0 aromatic heterocycles. The molecule has 5 heteroatoms. The Morgan fingerprint density at radius 2 is 2.17 bits per heavy atom. The average molecular weight is 272 g/mol. The molecule has 0 aliphatic heterocycles. The van der Waals surface area contributed by atoms with Crippen LogP contribution in [0.15, 0.2) is 18.2 Å². The van der Waals surface area contributed by atoms with Gasteiger partial charge < -0.3 is 15.2 Å². The number of carbonyl (C=O) groups excluding carboxylic acids is 1. The molecule has 0 saturated carbocycles. The smallest absolute Gasteiger partial charge is 0.227 e. The number of hydrogen-bond donors (Lipinski definition) is 2. The molecule has 0 heterocycles. The van der Waals surface area contributed by atoms with Crippen molar-refractivity contribution in [2.75, 3.05) is 12.4 Å². The molecule has 18 heavy (non-hydrogen) atoms. The Labute approximate surface area is 112 Å². The van der Waals surface area contributed by atoms with E-state index in [0.717, 1.165) is 0 Å². The Morgan fingerprint density at radius 3 is 2.67 bits per heavy atom. The van der Waals surface area contributed by atoms with Crippen molar-refractivity contribution in [3.05, 3.63) is 23.2 Å². The van der Waals surface area contributed by atoms with Crippen molar-refractivity contribution < 1.29 is 14.6 Å². The Morgan fingerprint density at radius 1 is 1.50 bits per heavy atom. The monoisotopic (exact) mass is 271 g/mol. The number of benzene rings is 1. The molecule has 1 aromatic carbocycles. The zero-order valence-corrected chi connectivity index (χ0v) is 11.5. The number of anilines is 1. The molecule has 1 atom stereocenters. The predicted molar refractivity (Wildman–Crippen MR) is 72.1 cm³/mol. The molecule has 2 N–H and O–H groups in total. The predicted octanol–water partition coefficient (Wildman–Crippen LogP) is 2.69. The van der Waals surface area contributed by atoms with Gasteiger partial charge in [0.05, 0.1) is 30.3 Å². The van der Waals surface area contributed by atoms with Gasteiger partial charge in [-0.1, -0.05) is 25.4 Å². The van der Waals surface area contributed by atoms with Crippen LogP contribution in [0.25, 0.3) is 0 Å². The highest BCUT2D eigenvalue weighted by molar-refractivity contribution is 6.33. The fourth-order valence-corrected chi connectivity index (χ4v) is 1.57. The van der Waals surface area contributed by atoms with Crippen molar-refractivity contribution in [2.45, 2.75) is 26.4 Å². The van der Waals surface area contributed by atoms with E-state index in [1.807, 2.05) is 13.8 Å². The third kappa shape index (κ3) is 4.20. The Bertz CT molecular complexity index is 421. The normalized spacial score (nSPS) is 12.3. The summed E-state index contributed by atoms with van der Waals surface area (Å²) in [6, 6.07) is 5.00. The van der Waals surface area contributed by atoms with Crippen molar-refractivity contribution in [3.8, 4) is 5.75 Å². The number of aliphatic hydroxyl groups is 1. The molecular weight excluding hydrogens is 254 g/mol. The molecule has 0 fully saturated rings. The van der Waals surface area contributed by atoms with E-state index in [9.17, 15) is 9.90 Å². The van der Waals surface area contributed by atoms with Crippen LogP contribution < -0.4 is 10.1 Å². The van der Waals surface area contributed by atoms with Crippen LogP contribution >= 0.6 is 11.6 Å². The van der Waals surface area contributed by atoms with Gasteiger partial charge in [-0.2, -0.15) is 0 Å². The number of methoxy groups -OCH3 is 1. The first-order valence-electron chi connectivity index (χ1n) is 5.75. The number of aliphatic hydroxyl groups excluding tert-OH is 1. The van der Waals surface area contributed by atoms with Gasteiger partial charge >= 0.3 is 0 Å². The lowest BCUT2D eigenvalue weighted by Gasteiger charge is -2.14. The lowest BCUT2D eigenvalue weighted by atomic mass is 10.0. The molecular formula is C13H18ClNO3. The largest absolute Gasteiger partial charge is 0.497 e. The van der Waals surface area contributed by atoms with E-state index in [0.29, 0.717) is 16.5 Å². The highest BCUT2D eigenvalue weighted by atomic mass is 35.5. The van der Waals surface area contributed by atoms with Gasteiger partial charge in [-0.3, -0.25) is 4.79 Å². The van der Waals surface area contributed by atoms with E-state index in [2.05, 4.69) is 5.32 Å². The first-order valence-corrected chi connectivity index (χ1v) is 6.13. The molecule has 1 amide bonds. The second-order valence-corrected chi connectivity index (χ2v) is 4.82. The van der Waals surface area contributed by atoms with Crippen LogP contribution in [0.1, 0.15) is 20.3 Å². The number of hydrogen-bond acceptors (Lipinski definition) is 3. The van der Waals surface area contributed by atoms with Crippen LogP contribution in [-0.4, -0.2) is 24.2 Å². The fraction of sp³-hybridized carbons (Fsp3) is 0.462. The molecule has 0 radical (unpaired) electrons. The van der Waals surface area contributed by atoms with Gasteiger partial charge in [0.1, 0.15) is 5.75 Å². The number of amides is 1. The molecule has 1 rings (SSSR count). The summed E-state index contributed by atoms with van der Waals surface area (Å²) in [7, 11) is 1.54. The number of rotatable bonds is 5. The van der Waals surface area contributed by atoms with Gasteiger partial charge in [-0.25, -0.2) is 0 Å². The molecule has 1 unspecified atom stereocenters. The molecule has 0 saturated heterocycles. The zero-order valence-electron chi connectivity index (χ0n) is 10.7. The Hall–Kier alpha value is -1.26. The topological polar surface area (TPSA) is 58.6 Å². The number of halogens is 1. The molecule has 0 aliphatic carbocycles. The van der Waals surface area contributed by atoms with Crippen molar-refractivity contribution >= 4 is 23.2 Å². The third-order valence-electron chi connectivity index (χ3n) is 2.61. The third-order valence-corrected chi connectivity index (χ3v) is 2.93. The molecule has 0 spiro atoms. The summed E-state index contributed by atoms with van der Waals surface area (Å²) in [5.74, 6) is 0.408. The van der Waals surface area contributed by atoms with Gasteiger partial charge in [0.2, 0.25) is 5.91 Å². The van der Waals surface area contributed by atoms with E-state index in [-0.39, 0.29) is 18.2 Å². The molecule has 0 aliphatic rings. The van der Waals surface area contributed by atoms with Gasteiger partial charge in [-0.15, -0.1) is 0 Å². The van der Waals surface area contributed by atoms with Crippen molar-refractivity contribution in [1.29, 1.82) is 0 Å². The Kier molecular flexibility index (Phi) is 5.44. The second kappa shape index (κ2) is 6.61. The minimum atomic E-state index is -0.651. The van der Waals surface area contributed by atoms with Crippen LogP contribution in [0.3, 0.4) is 0 Å². The van der Waals surface area contributed by atoms with E-state index in [1.165, 1.54) is 0 Å². The lowest BCUT2D eigenvalue weighted by Crippen LogP contribution is -2.23. The number of nitrogens with one attached hydrogen (secondary N) is 1. The van der Waals surface area contributed by atoms with Crippen LogP contribution in [0.5, 0.6) is 5.75 Å². The van der Waals surface area contributed by atoms with E-state index < -0.39 is 6.10 Å². The van der Waals surface area contributed by atoms with E-state index >= 15 is 0 Å². The minimum Gasteiger partial charge on any atom is -0.497 e. The minimum absolute atomic E-state index is 0.0436. The molecule has 100 valence electrons. The highest BCUT2D eigenvalue weighted by Gasteiger charge is 2.15. The molecule has 1 aromatic rings. The van der Waals surface area contributed by atoms with Crippen molar-refractivity contribution in [3.63, 3.8) is 0 Å². The van der Waals surface area contributed by atoms with Crippen LogP contribution in [-0.2, 0) is 4.79 Å². The first kappa shape index (κ1) is 14.8.